The van der Waals surface area contributed by atoms with E-state index in [1.54, 1.807) is 0 Å². The van der Waals surface area contributed by atoms with Crippen molar-refractivity contribution in [1.82, 2.24) is 5.43 Å². The van der Waals surface area contributed by atoms with Crippen molar-refractivity contribution in [2.75, 3.05) is 14.2 Å². The Balaban J connectivity index is 3.07. The minimum atomic E-state index is -1.69. The topological polar surface area (TPSA) is 77.0 Å². The molecule has 1 atom stereocenters. The van der Waals surface area contributed by atoms with Crippen molar-refractivity contribution in [3.8, 4) is 11.8 Å². The van der Waals surface area contributed by atoms with Gasteiger partial charge < -0.3 is 9.47 Å². The lowest BCUT2D eigenvalue weighted by molar-refractivity contribution is -0.163. The summed E-state index contributed by atoms with van der Waals surface area (Å²) in [4.78, 5) is 23.7. The fourth-order valence-electron chi connectivity index (χ4n) is 1.60. The summed E-state index contributed by atoms with van der Waals surface area (Å²) in [5, 5.41) is 3.76. The van der Waals surface area contributed by atoms with Gasteiger partial charge in [0.05, 0.1) is 14.2 Å². The van der Waals surface area contributed by atoms with Crippen LogP contribution in [-0.2, 0) is 19.1 Å². The highest BCUT2D eigenvalue weighted by Crippen LogP contribution is 2.24. The van der Waals surface area contributed by atoms with Gasteiger partial charge in [0.15, 0.2) is 0 Å². The van der Waals surface area contributed by atoms with Crippen molar-refractivity contribution >= 4 is 18.2 Å². The fourth-order valence-corrected chi connectivity index (χ4v) is 1.60. The predicted molar refractivity (Wildman–Crippen MR) is 64.6 cm³/mol. The van der Waals surface area contributed by atoms with Gasteiger partial charge in [0.1, 0.15) is 5.92 Å². The van der Waals surface area contributed by atoms with E-state index in [4.69, 9.17) is 0 Å². The standard InChI is InChI=1S/C12H16N2O4/c1-4-5-6-7-9-8-13-14-12(9,10(15)17-2)11(16)18-3/h8-9,14H,4-5H2,1-3H3. The zero-order chi connectivity index (χ0) is 13.6. The quantitative estimate of drug-likeness (QED) is 0.437. The van der Waals surface area contributed by atoms with Crippen molar-refractivity contribution < 1.29 is 19.1 Å². The molecule has 0 bridgehead atoms. The summed E-state index contributed by atoms with van der Waals surface area (Å²) < 4.78 is 9.29. The van der Waals surface area contributed by atoms with Crippen LogP contribution in [0, 0.1) is 17.8 Å². The number of nitrogens with zero attached hydrogens (tertiary/aromatic N) is 1. The normalized spacial score (nSPS) is 19.4. The van der Waals surface area contributed by atoms with E-state index in [1.165, 1.54) is 20.4 Å². The Kier molecular flexibility index (Phi) is 4.72. The molecule has 0 amide bonds. The number of carbonyl (C=O) groups excluding carboxylic acids is 2. The van der Waals surface area contributed by atoms with Crippen LogP contribution in [-0.4, -0.2) is 37.9 Å². The number of ether oxygens (including phenoxy) is 2. The number of hydrogen-bond donors (Lipinski definition) is 1. The van der Waals surface area contributed by atoms with Crippen LogP contribution in [0.4, 0.5) is 0 Å². The molecule has 6 nitrogen and oxygen atoms in total. The molecule has 6 heteroatoms. The van der Waals surface area contributed by atoms with Crippen molar-refractivity contribution in [3.63, 3.8) is 0 Å². The first-order valence-electron chi connectivity index (χ1n) is 5.59. The Morgan fingerprint density at radius 1 is 1.39 bits per heavy atom. The number of carbonyl (C=O) groups is 2. The highest BCUT2D eigenvalue weighted by Gasteiger charge is 2.57. The molecule has 0 saturated heterocycles. The van der Waals surface area contributed by atoms with Gasteiger partial charge in [0.25, 0.3) is 5.54 Å². The highest BCUT2D eigenvalue weighted by atomic mass is 16.5. The minimum Gasteiger partial charge on any atom is -0.467 e. The van der Waals surface area contributed by atoms with E-state index in [1.807, 2.05) is 6.92 Å². The van der Waals surface area contributed by atoms with Crippen molar-refractivity contribution in [2.45, 2.75) is 25.3 Å². The number of rotatable bonds is 3. The zero-order valence-electron chi connectivity index (χ0n) is 10.6. The molecule has 0 spiro atoms. The first kappa shape index (κ1) is 14.0. The second-order valence-electron chi connectivity index (χ2n) is 3.73. The third kappa shape index (κ3) is 2.30. The molecule has 0 aromatic carbocycles. The largest absolute Gasteiger partial charge is 0.467 e. The number of hydrazone groups is 1. The Morgan fingerprint density at radius 3 is 2.50 bits per heavy atom. The van der Waals surface area contributed by atoms with E-state index >= 15 is 0 Å². The molecule has 0 radical (unpaired) electrons. The van der Waals surface area contributed by atoms with Gasteiger partial charge in [-0.3, -0.25) is 5.43 Å². The van der Waals surface area contributed by atoms with E-state index in [0.717, 1.165) is 6.42 Å². The number of unbranched alkanes of at least 4 members (excludes halogenated alkanes) is 1. The summed E-state index contributed by atoms with van der Waals surface area (Å²) in [5.41, 5.74) is 0.776. The monoisotopic (exact) mass is 252 g/mol. The molecule has 1 rings (SSSR count). The SMILES string of the molecule is CCCC#CC1C=NNC1(C(=O)OC)C(=O)OC. The molecule has 1 heterocycles. The van der Waals surface area contributed by atoms with Crippen LogP contribution in [0.2, 0.25) is 0 Å². The van der Waals surface area contributed by atoms with Gasteiger partial charge in [0.2, 0.25) is 0 Å². The summed E-state index contributed by atoms with van der Waals surface area (Å²) in [6.07, 6.45) is 2.99. The van der Waals surface area contributed by atoms with Gasteiger partial charge in [-0.2, -0.15) is 5.10 Å². The molecular formula is C12H16N2O4. The van der Waals surface area contributed by atoms with E-state index in [0.29, 0.717) is 6.42 Å². The lowest BCUT2D eigenvalue weighted by Gasteiger charge is -2.25. The number of hydrogen-bond acceptors (Lipinski definition) is 6. The molecule has 0 fully saturated rings. The van der Waals surface area contributed by atoms with Gasteiger partial charge in [0, 0.05) is 12.6 Å². The Hall–Kier alpha value is -2.03. The maximum atomic E-state index is 11.8. The van der Waals surface area contributed by atoms with Crippen LogP contribution >= 0.6 is 0 Å². The molecule has 98 valence electrons. The van der Waals surface area contributed by atoms with Crippen LogP contribution in [0.5, 0.6) is 0 Å². The third-order valence-electron chi connectivity index (χ3n) is 2.58. The lowest BCUT2D eigenvalue weighted by Crippen LogP contribution is -2.59. The molecule has 0 aromatic heterocycles. The van der Waals surface area contributed by atoms with Crippen LogP contribution in [0.3, 0.4) is 0 Å². The molecule has 0 aromatic rings. The van der Waals surface area contributed by atoms with E-state index in [9.17, 15) is 9.59 Å². The molecule has 1 aliphatic rings. The molecule has 0 aliphatic carbocycles. The predicted octanol–water partition coefficient (Wildman–Crippen LogP) is 0.0799. The molecule has 18 heavy (non-hydrogen) atoms. The lowest BCUT2D eigenvalue weighted by atomic mass is 9.86. The minimum absolute atomic E-state index is 0.683. The highest BCUT2D eigenvalue weighted by molar-refractivity contribution is 6.09. The number of nitrogens with one attached hydrogen (secondary N) is 1. The summed E-state index contributed by atoms with van der Waals surface area (Å²) in [5.74, 6) is 3.52. The number of methoxy groups -OCH3 is 2. The zero-order valence-corrected chi connectivity index (χ0v) is 10.6. The molecule has 1 N–H and O–H groups in total. The van der Waals surface area contributed by atoms with Gasteiger partial charge in [-0.15, -0.1) is 5.92 Å². The summed E-state index contributed by atoms with van der Waals surface area (Å²) in [6, 6.07) is 0. The summed E-state index contributed by atoms with van der Waals surface area (Å²) >= 11 is 0. The van der Waals surface area contributed by atoms with E-state index in [-0.39, 0.29) is 0 Å². The first-order chi connectivity index (χ1) is 8.63. The van der Waals surface area contributed by atoms with Crippen LogP contribution in [0.25, 0.3) is 0 Å². The van der Waals surface area contributed by atoms with E-state index < -0.39 is 23.4 Å². The second-order valence-corrected chi connectivity index (χ2v) is 3.73. The Bertz CT molecular complexity index is 404. The molecule has 1 aliphatic heterocycles. The maximum absolute atomic E-state index is 11.8. The second kappa shape index (κ2) is 6.05. The third-order valence-corrected chi connectivity index (χ3v) is 2.58. The van der Waals surface area contributed by atoms with Crippen LogP contribution in [0.15, 0.2) is 5.10 Å². The van der Waals surface area contributed by atoms with Gasteiger partial charge in [-0.25, -0.2) is 9.59 Å². The van der Waals surface area contributed by atoms with Crippen molar-refractivity contribution in [1.29, 1.82) is 0 Å². The molecular weight excluding hydrogens is 236 g/mol. The van der Waals surface area contributed by atoms with Crippen LogP contribution < -0.4 is 5.43 Å². The van der Waals surface area contributed by atoms with Gasteiger partial charge >= 0.3 is 11.9 Å². The molecule has 0 saturated carbocycles. The average Bonchev–Trinajstić information content (AvgIpc) is 2.82. The Labute approximate surface area is 106 Å². The maximum Gasteiger partial charge on any atom is 0.346 e. The van der Waals surface area contributed by atoms with E-state index in [2.05, 4.69) is 31.8 Å². The number of esters is 2. The van der Waals surface area contributed by atoms with Gasteiger partial charge in [-0.05, 0) is 6.42 Å². The molecule has 1 unspecified atom stereocenters. The smallest absolute Gasteiger partial charge is 0.346 e. The summed E-state index contributed by atoms with van der Waals surface area (Å²) in [6.45, 7) is 1.99. The van der Waals surface area contributed by atoms with Crippen LogP contribution in [0.1, 0.15) is 19.8 Å². The average molecular weight is 252 g/mol. The first-order valence-corrected chi connectivity index (χ1v) is 5.59. The van der Waals surface area contributed by atoms with Crippen molar-refractivity contribution in [2.24, 2.45) is 11.0 Å². The fraction of sp³-hybridized carbons (Fsp3) is 0.583. The van der Waals surface area contributed by atoms with Crippen molar-refractivity contribution in [3.05, 3.63) is 0 Å². The van der Waals surface area contributed by atoms with Gasteiger partial charge in [-0.1, -0.05) is 12.8 Å². The summed E-state index contributed by atoms with van der Waals surface area (Å²) in [7, 11) is 2.40. The Morgan fingerprint density at radius 2 is 2.00 bits per heavy atom.